The Balaban J connectivity index is 0.000000212. The molecule has 2 aliphatic rings. The monoisotopic (exact) mass is 620 g/mol. The Kier molecular flexibility index (Phi) is 9.12. The summed E-state index contributed by atoms with van der Waals surface area (Å²) in [5.74, 6) is -5.32. The maximum absolute atomic E-state index is 13.1. The molecule has 8 nitrogen and oxygen atoms in total. The van der Waals surface area contributed by atoms with Gasteiger partial charge in [0, 0.05) is 57.9 Å². The van der Waals surface area contributed by atoms with Gasteiger partial charge >= 0.3 is 0 Å². The van der Waals surface area contributed by atoms with Crippen LogP contribution in [0, 0.1) is 10.1 Å². The number of nitro benzene ring substituents is 1. The van der Waals surface area contributed by atoms with E-state index in [-0.39, 0.29) is 89.7 Å². The zero-order valence-corrected chi connectivity index (χ0v) is 22.7. The van der Waals surface area contributed by atoms with Gasteiger partial charge < -0.3 is 27.0 Å². The summed E-state index contributed by atoms with van der Waals surface area (Å²) in [4.78, 5) is 13.4. The van der Waals surface area contributed by atoms with Crippen LogP contribution in [0.3, 0.4) is 0 Å². The minimum atomic E-state index is -2.71. The molecule has 0 aromatic heterocycles. The lowest BCUT2D eigenvalue weighted by molar-refractivity contribution is -0.383. The van der Waals surface area contributed by atoms with Crippen LogP contribution in [0.2, 0.25) is 20.1 Å². The van der Waals surface area contributed by atoms with Crippen molar-refractivity contribution in [3.63, 3.8) is 0 Å². The summed E-state index contributed by atoms with van der Waals surface area (Å²) >= 11 is 24.1. The van der Waals surface area contributed by atoms with Crippen LogP contribution in [0.25, 0.3) is 0 Å². The third-order valence-corrected chi connectivity index (χ3v) is 7.63. The van der Waals surface area contributed by atoms with Gasteiger partial charge in [-0.1, -0.05) is 46.4 Å². The molecule has 2 saturated heterocycles. The van der Waals surface area contributed by atoms with Crippen molar-refractivity contribution in [3.05, 3.63) is 42.3 Å². The third kappa shape index (κ3) is 6.64. The molecular weight excluding hydrogens is 598 g/mol. The number of nitro groups is 1. The number of hydrogen-bond donors (Lipinski definition) is 3. The normalized spacial score (nSPS) is 18.5. The molecule has 4 rings (SSSR count). The van der Waals surface area contributed by atoms with E-state index in [1.54, 1.807) is 9.80 Å². The van der Waals surface area contributed by atoms with Crippen molar-refractivity contribution in [1.82, 2.24) is 0 Å². The highest BCUT2D eigenvalue weighted by atomic mass is 35.5. The van der Waals surface area contributed by atoms with Crippen LogP contribution in [-0.4, -0.2) is 42.9 Å². The van der Waals surface area contributed by atoms with Gasteiger partial charge in [0.25, 0.3) is 17.5 Å². The van der Waals surface area contributed by atoms with E-state index in [0.717, 1.165) is 6.07 Å². The number of rotatable bonds is 3. The summed E-state index contributed by atoms with van der Waals surface area (Å²) < 4.78 is 52.5. The first kappa shape index (κ1) is 30.3. The minimum Gasteiger partial charge on any atom is -0.397 e. The molecule has 2 fully saturated rings. The average molecular weight is 622 g/mol. The second-order valence-corrected chi connectivity index (χ2v) is 10.5. The lowest BCUT2D eigenvalue weighted by Gasteiger charge is -2.34. The number of alkyl halides is 4. The van der Waals surface area contributed by atoms with Crippen LogP contribution < -0.4 is 27.0 Å². The minimum absolute atomic E-state index is 0.0288. The Labute approximate surface area is 235 Å². The molecule has 38 heavy (non-hydrogen) atoms. The summed E-state index contributed by atoms with van der Waals surface area (Å²) in [6.07, 6.45) is -1.08. The third-order valence-electron chi connectivity index (χ3n) is 6.29. The van der Waals surface area contributed by atoms with Crippen molar-refractivity contribution in [1.29, 1.82) is 0 Å². The van der Waals surface area contributed by atoms with Gasteiger partial charge in [0.2, 0.25) is 0 Å². The van der Waals surface area contributed by atoms with Gasteiger partial charge in [-0.05, 0) is 6.07 Å². The first-order valence-electron chi connectivity index (χ1n) is 11.2. The summed E-state index contributed by atoms with van der Waals surface area (Å²) in [6, 6.07) is 2.58. The highest BCUT2D eigenvalue weighted by Gasteiger charge is 2.37. The lowest BCUT2D eigenvalue weighted by Crippen LogP contribution is -2.39. The Morgan fingerprint density at radius 1 is 0.737 bits per heavy atom. The number of benzene rings is 2. The Morgan fingerprint density at radius 3 is 1.50 bits per heavy atom. The van der Waals surface area contributed by atoms with Crippen LogP contribution in [-0.2, 0) is 0 Å². The maximum Gasteiger partial charge on any atom is 0.295 e. The molecule has 16 heteroatoms. The van der Waals surface area contributed by atoms with Crippen molar-refractivity contribution in [2.45, 2.75) is 37.5 Å². The molecule has 6 N–H and O–H groups in total. The molecule has 0 atom stereocenters. The largest absolute Gasteiger partial charge is 0.397 e. The van der Waals surface area contributed by atoms with Gasteiger partial charge in [-0.3, -0.25) is 10.1 Å². The predicted molar refractivity (Wildman–Crippen MR) is 146 cm³/mol. The molecule has 0 bridgehead atoms. The van der Waals surface area contributed by atoms with Crippen molar-refractivity contribution in [2.75, 3.05) is 53.2 Å². The second-order valence-electron chi connectivity index (χ2n) is 8.92. The van der Waals surface area contributed by atoms with Gasteiger partial charge in [-0.15, -0.1) is 0 Å². The van der Waals surface area contributed by atoms with Crippen molar-refractivity contribution in [3.8, 4) is 0 Å². The quantitative estimate of drug-likeness (QED) is 0.144. The van der Waals surface area contributed by atoms with Crippen molar-refractivity contribution in [2.24, 2.45) is 0 Å². The fraction of sp³-hybridized carbons (Fsp3) is 0.455. The van der Waals surface area contributed by atoms with Crippen LogP contribution in [0.1, 0.15) is 25.7 Å². The predicted octanol–water partition coefficient (Wildman–Crippen LogP) is 7.11. The Bertz CT molecular complexity index is 1220. The van der Waals surface area contributed by atoms with Crippen molar-refractivity contribution >= 4 is 80.5 Å². The topological polar surface area (TPSA) is 128 Å². The van der Waals surface area contributed by atoms with E-state index in [1.165, 1.54) is 6.07 Å². The standard InChI is InChI=1S/C11H11Cl2F2N3O2.C11H13Cl2F2N3/c12-6-5-7(18(19)20)9(16)8(13)10(6)17-3-1-11(14,15)2-4-17;12-6-5-7(16)9(17)8(13)10(6)18-3-1-11(14,15)2-4-18/h5H,1-4,16H2;5H,1-4,16-17H2. The highest BCUT2D eigenvalue weighted by molar-refractivity contribution is 6.42. The first-order valence-corrected chi connectivity index (χ1v) is 12.8. The summed E-state index contributed by atoms with van der Waals surface area (Å²) in [5.41, 5.74) is 17.6. The van der Waals surface area contributed by atoms with Gasteiger partial charge in [0.05, 0.1) is 47.8 Å². The molecule has 0 saturated carbocycles. The number of nitrogens with zero attached hydrogens (tertiary/aromatic N) is 3. The Hall–Kier alpha value is -2.28. The molecule has 2 aromatic rings. The summed E-state index contributed by atoms with van der Waals surface area (Å²) in [6.45, 7) is 0.499. The molecule has 0 spiro atoms. The summed E-state index contributed by atoms with van der Waals surface area (Å²) in [5, 5.41) is 11.3. The highest BCUT2D eigenvalue weighted by Crippen LogP contribution is 2.45. The van der Waals surface area contributed by atoms with Crippen LogP contribution in [0.15, 0.2) is 12.1 Å². The summed E-state index contributed by atoms with van der Waals surface area (Å²) in [7, 11) is 0. The number of nitrogen functional groups attached to an aromatic ring is 3. The molecule has 0 radical (unpaired) electrons. The van der Waals surface area contributed by atoms with E-state index < -0.39 is 22.5 Å². The number of nitrogens with two attached hydrogens (primary N) is 3. The van der Waals surface area contributed by atoms with E-state index in [9.17, 15) is 27.7 Å². The number of hydrogen-bond acceptors (Lipinski definition) is 7. The number of piperidine rings is 2. The van der Waals surface area contributed by atoms with Crippen LogP contribution in [0.5, 0.6) is 0 Å². The van der Waals surface area contributed by atoms with Crippen LogP contribution >= 0.6 is 46.4 Å². The SMILES string of the molecule is Nc1c([N+](=O)[O-])cc(Cl)c(N2CCC(F)(F)CC2)c1Cl.Nc1cc(Cl)c(N2CCC(F)(F)CC2)c(Cl)c1N. The fourth-order valence-electron chi connectivity index (χ4n) is 4.10. The van der Waals surface area contributed by atoms with E-state index in [1.807, 2.05) is 0 Å². The second kappa shape index (κ2) is 11.4. The molecule has 0 unspecified atom stereocenters. The zero-order valence-electron chi connectivity index (χ0n) is 19.7. The Morgan fingerprint density at radius 2 is 1.11 bits per heavy atom. The van der Waals surface area contributed by atoms with Crippen LogP contribution in [0.4, 0.5) is 51.7 Å². The van der Waals surface area contributed by atoms with Gasteiger partial charge in [-0.25, -0.2) is 17.6 Å². The molecule has 2 aliphatic heterocycles. The fourth-order valence-corrected chi connectivity index (χ4v) is 5.49. The van der Waals surface area contributed by atoms with E-state index in [2.05, 4.69) is 0 Å². The van der Waals surface area contributed by atoms with E-state index in [0.29, 0.717) is 10.7 Å². The first-order chi connectivity index (χ1) is 17.5. The van der Waals surface area contributed by atoms with Gasteiger partial charge in [-0.2, -0.15) is 0 Å². The lowest BCUT2D eigenvalue weighted by atomic mass is 10.1. The zero-order chi connectivity index (χ0) is 28.6. The average Bonchev–Trinajstić information content (AvgIpc) is 2.82. The van der Waals surface area contributed by atoms with Gasteiger partial charge in [0.15, 0.2) is 0 Å². The number of halogens is 8. The number of anilines is 5. The molecule has 0 aliphatic carbocycles. The van der Waals surface area contributed by atoms with Gasteiger partial charge in [0.1, 0.15) is 5.69 Å². The maximum atomic E-state index is 13.1. The smallest absolute Gasteiger partial charge is 0.295 e. The van der Waals surface area contributed by atoms with E-state index in [4.69, 9.17) is 63.6 Å². The van der Waals surface area contributed by atoms with Crippen molar-refractivity contribution < 1.29 is 22.5 Å². The molecule has 2 heterocycles. The van der Waals surface area contributed by atoms with E-state index >= 15 is 0 Å². The molecular formula is C22H24Cl4F4N6O2. The molecule has 210 valence electrons. The molecule has 2 aromatic carbocycles. The molecule has 0 amide bonds.